The van der Waals surface area contributed by atoms with Crippen molar-refractivity contribution in [3.8, 4) is 5.75 Å². The molecule has 6 nitrogen and oxygen atoms in total. The summed E-state index contributed by atoms with van der Waals surface area (Å²) in [5.74, 6) is 0.799. The van der Waals surface area contributed by atoms with E-state index < -0.39 is 10.0 Å². The summed E-state index contributed by atoms with van der Waals surface area (Å²) in [4.78, 5) is 14.3. The number of amides is 1. The Hall–Kier alpha value is -3.32. The van der Waals surface area contributed by atoms with Crippen molar-refractivity contribution in [2.75, 3.05) is 22.5 Å². The quantitative estimate of drug-likeness (QED) is 0.559. The summed E-state index contributed by atoms with van der Waals surface area (Å²) in [7, 11) is -1.91. The van der Waals surface area contributed by atoms with Gasteiger partial charge in [0.1, 0.15) is 5.75 Å². The molecule has 1 N–H and O–H groups in total. The second-order valence-corrected chi connectivity index (χ2v) is 9.67. The summed E-state index contributed by atoms with van der Waals surface area (Å²) in [5, 5.41) is 0. The molecule has 1 aliphatic heterocycles. The molecular weight excluding hydrogens is 424 g/mol. The number of ether oxygens (including phenoxy) is 1. The molecule has 0 saturated heterocycles. The highest BCUT2D eigenvalue weighted by atomic mass is 32.2. The maximum Gasteiger partial charge on any atom is 0.233 e. The molecule has 1 heterocycles. The van der Waals surface area contributed by atoms with Gasteiger partial charge in [0.15, 0.2) is 0 Å². The van der Waals surface area contributed by atoms with E-state index in [1.54, 1.807) is 18.1 Å². The van der Waals surface area contributed by atoms with Crippen molar-refractivity contribution in [2.24, 2.45) is 0 Å². The van der Waals surface area contributed by atoms with Gasteiger partial charge in [-0.05, 0) is 59.9 Å². The number of nitrogens with zero attached hydrogens (tertiary/aromatic N) is 1. The van der Waals surface area contributed by atoms with Crippen LogP contribution in [0.15, 0.2) is 72.8 Å². The lowest BCUT2D eigenvalue weighted by molar-refractivity contribution is -0.119. The van der Waals surface area contributed by atoms with Gasteiger partial charge < -0.3 is 9.64 Å². The molecule has 0 unspecified atom stereocenters. The highest BCUT2D eigenvalue weighted by molar-refractivity contribution is 7.92. The fraction of sp³-hybridized carbons (Fsp3) is 0.240. The van der Waals surface area contributed by atoms with Crippen molar-refractivity contribution in [3.05, 3.63) is 89.5 Å². The maximum atomic E-state index is 12.6. The van der Waals surface area contributed by atoms with Crippen LogP contribution in [-0.4, -0.2) is 27.2 Å². The third-order valence-corrected chi connectivity index (χ3v) is 6.84. The van der Waals surface area contributed by atoms with Gasteiger partial charge in [0.25, 0.3) is 0 Å². The minimum Gasteiger partial charge on any atom is -0.497 e. The lowest BCUT2D eigenvalue weighted by Crippen LogP contribution is -2.34. The maximum absolute atomic E-state index is 12.6. The highest BCUT2D eigenvalue weighted by Crippen LogP contribution is 2.32. The van der Waals surface area contributed by atoms with Crippen LogP contribution in [0.1, 0.15) is 23.1 Å². The Labute approximate surface area is 188 Å². The van der Waals surface area contributed by atoms with Crippen LogP contribution in [0.5, 0.6) is 5.75 Å². The summed E-state index contributed by atoms with van der Waals surface area (Å²) in [6, 6.07) is 22.6. The monoisotopic (exact) mass is 450 g/mol. The number of hydrogen-bond acceptors (Lipinski definition) is 4. The van der Waals surface area contributed by atoms with E-state index in [0.29, 0.717) is 31.5 Å². The summed E-state index contributed by atoms with van der Waals surface area (Å²) in [6.07, 6.45) is 1.41. The van der Waals surface area contributed by atoms with E-state index in [-0.39, 0.29) is 11.7 Å². The molecule has 0 atom stereocenters. The first kappa shape index (κ1) is 21.9. The molecule has 3 aromatic rings. The van der Waals surface area contributed by atoms with E-state index in [4.69, 9.17) is 4.74 Å². The summed E-state index contributed by atoms with van der Waals surface area (Å²) in [5.41, 5.74) is 4.31. The number of carbonyl (C=O) groups excluding carboxylic acids is 1. The van der Waals surface area contributed by atoms with Crippen LogP contribution in [0.25, 0.3) is 0 Å². The number of methoxy groups -OCH3 is 1. The Balaban J connectivity index is 1.45. The van der Waals surface area contributed by atoms with Crippen LogP contribution >= 0.6 is 0 Å². The van der Waals surface area contributed by atoms with Crippen LogP contribution in [0.3, 0.4) is 0 Å². The number of benzene rings is 3. The molecule has 32 heavy (non-hydrogen) atoms. The van der Waals surface area contributed by atoms with Gasteiger partial charge in [-0.1, -0.05) is 42.5 Å². The number of rotatable bonds is 8. The fourth-order valence-electron chi connectivity index (χ4n) is 3.84. The molecule has 0 saturated carbocycles. The molecule has 7 heteroatoms. The van der Waals surface area contributed by atoms with E-state index in [1.165, 1.54) is 0 Å². The molecule has 0 aromatic heterocycles. The minimum absolute atomic E-state index is 0.0188. The lowest BCUT2D eigenvalue weighted by Gasteiger charge is -2.30. The first-order valence-corrected chi connectivity index (χ1v) is 12.2. The number of carbonyl (C=O) groups is 1. The first-order chi connectivity index (χ1) is 15.4. The standard InChI is InChI=1S/C25H26N2O4S/c1-31-23-11-7-19(8-12-23)15-16-32(29,30)26-22-10-13-24-21(17-22)9-14-25(28)27(24)18-20-5-3-2-4-6-20/h2-8,10-13,17,26H,9,14-16,18H2,1H3. The van der Waals surface area contributed by atoms with Crippen LogP contribution in [-0.2, 0) is 34.2 Å². The Kier molecular flexibility index (Phi) is 6.46. The van der Waals surface area contributed by atoms with Gasteiger partial charge in [-0.3, -0.25) is 9.52 Å². The lowest BCUT2D eigenvalue weighted by atomic mass is 10.00. The summed E-state index contributed by atoms with van der Waals surface area (Å²) < 4.78 is 33.1. The number of fused-ring (bicyclic) bond motifs is 1. The summed E-state index contributed by atoms with van der Waals surface area (Å²) >= 11 is 0. The van der Waals surface area contributed by atoms with Crippen molar-refractivity contribution in [1.82, 2.24) is 0 Å². The smallest absolute Gasteiger partial charge is 0.233 e. The number of nitrogens with one attached hydrogen (secondary N) is 1. The van der Waals surface area contributed by atoms with Crippen LogP contribution in [0, 0.1) is 0 Å². The SMILES string of the molecule is COc1ccc(CCS(=O)(=O)Nc2ccc3c(c2)CCC(=O)N3Cc2ccccc2)cc1. The second kappa shape index (κ2) is 9.44. The van der Waals surface area contributed by atoms with Crippen molar-refractivity contribution >= 4 is 27.3 Å². The predicted octanol–water partition coefficient (Wildman–Crippen LogP) is 4.16. The molecule has 4 rings (SSSR count). The zero-order valence-electron chi connectivity index (χ0n) is 18.0. The van der Waals surface area contributed by atoms with Crippen molar-refractivity contribution < 1.29 is 17.9 Å². The molecule has 0 radical (unpaired) electrons. The average Bonchev–Trinajstić information content (AvgIpc) is 2.80. The van der Waals surface area contributed by atoms with E-state index in [9.17, 15) is 13.2 Å². The highest BCUT2D eigenvalue weighted by Gasteiger charge is 2.25. The molecule has 0 fully saturated rings. The third-order valence-electron chi connectivity index (χ3n) is 5.55. The molecule has 1 aliphatic rings. The van der Waals surface area contributed by atoms with Gasteiger partial charge in [-0.25, -0.2) is 8.42 Å². The fourth-order valence-corrected chi connectivity index (χ4v) is 4.93. The van der Waals surface area contributed by atoms with E-state index in [1.807, 2.05) is 66.7 Å². The number of anilines is 2. The van der Waals surface area contributed by atoms with E-state index in [2.05, 4.69) is 4.72 Å². The van der Waals surface area contributed by atoms with E-state index >= 15 is 0 Å². The summed E-state index contributed by atoms with van der Waals surface area (Å²) in [6.45, 7) is 0.500. The molecule has 166 valence electrons. The molecule has 0 aliphatic carbocycles. The number of hydrogen-bond donors (Lipinski definition) is 1. The third kappa shape index (κ3) is 5.29. The molecule has 3 aromatic carbocycles. The molecule has 0 spiro atoms. The zero-order chi connectivity index (χ0) is 22.6. The van der Waals surface area contributed by atoms with Gasteiger partial charge in [0.2, 0.25) is 15.9 Å². The van der Waals surface area contributed by atoms with Crippen molar-refractivity contribution in [1.29, 1.82) is 0 Å². The largest absolute Gasteiger partial charge is 0.497 e. The normalized spacial score (nSPS) is 13.5. The van der Waals surface area contributed by atoms with Gasteiger partial charge in [0, 0.05) is 17.8 Å². The predicted molar refractivity (Wildman–Crippen MR) is 127 cm³/mol. The minimum atomic E-state index is -3.51. The molecular formula is C25H26N2O4S. The van der Waals surface area contributed by atoms with Crippen LogP contribution in [0.4, 0.5) is 11.4 Å². The Morgan fingerprint density at radius 2 is 1.69 bits per heavy atom. The van der Waals surface area contributed by atoms with Crippen LogP contribution in [0.2, 0.25) is 0 Å². The van der Waals surface area contributed by atoms with Crippen molar-refractivity contribution in [3.63, 3.8) is 0 Å². The van der Waals surface area contributed by atoms with Gasteiger partial charge in [-0.2, -0.15) is 0 Å². The Morgan fingerprint density at radius 1 is 0.938 bits per heavy atom. The molecule has 0 bridgehead atoms. The first-order valence-electron chi connectivity index (χ1n) is 10.5. The van der Waals surface area contributed by atoms with Gasteiger partial charge in [-0.15, -0.1) is 0 Å². The topological polar surface area (TPSA) is 75.7 Å². The van der Waals surface area contributed by atoms with E-state index in [0.717, 1.165) is 28.1 Å². The number of sulfonamides is 1. The molecule has 1 amide bonds. The Morgan fingerprint density at radius 3 is 2.41 bits per heavy atom. The number of aryl methyl sites for hydroxylation is 2. The zero-order valence-corrected chi connectivity index (χ0v) is 18.8. The average molecular weight is 451 g/mol. The Bertz CT molecular complexity index is 1190. The van der Waals surface area contributed by atoms with Crippen LogP contribution < -0.4 is 14.4 Å². The van der Waals surface area contributed by atoms with Gasteiger partial charge in [0.05, 0.1) is 19.4 Å². The van der Waals surface area contributed by atoms with Crippen molar-refractivity contribution in [2.45, 2.75) is 25.8 Å². The second-order valence-electron chi connectivity index (χ2n) is 7.83. The van der Waals surface area contributed by atoms with Gasteiger partial charge >= 0.3 is 0 Å².